The van der Waals surface area contributed by atoms with Gasteiger partial charge in [-0.2, -0.15) is 5.10 Å². The molecule has 0 amide bonds. The third-order valence-electron chi connectivity index (χ3n) is 7.88. The number of hydrogen-bond donors (Lipinski definition) is 4. The number of nitrogens with zero attached hydrogens (tertiary/aromatic N) is 2. The Morgan fingerprint density at radius 2 is 1.59 bits per heavy atom. The van der Waals surface area contributed by atoms with Crippen molar-refractivity contribution in [2.75, 3.05) is 14.2 Å². The second-order valence-corrected chi connectivity index (χ2v) is 11.4. The molecular formula is C34H38FN3O8. The van der Waals surface area contributed by atoms with Gasteiger partial charge in [-0.15, -0.1) is 0 Å². The number of carbonyl (C=O) groups excluding carboxylic acids is 2. The summed E-state index contributed by atoms with van der Waals surface area (Å²) < 4.78 is 25.9. The molecule has 0 bridgehead atoms. The standard InChI is InChI=1S/C34H38FN3O8/c1-17(2)28-24(12-11-22(39)15-23(40)16-27(41)42)32(20-7-9-21(35)10-8-20)37-38-25(28)13-14-26(38)31-29(33(43)45-5)18(3)36-19(4)30(31)34(44)46-6/h7-14,17,22-23,31,36,39-40H,15-16H2,1-6H3,(H,41,42)/b12-11+. The number of dihydropyridines is 1. The third-order valence-corrected chi connectivity index (χ3v) is 7.88. The third kappa shape index (κ3) is 6.87. The van der Waals surface area contributed by atoms with Crippen LogP contribution in [0, 0.1) is 5.82 Å². The lowest BCUT2D eigenvalue weighted by molar-refractivity contribution is -0.140. The Morgan fingerprint density at radius 3 is 2.11 bits per heavy atom. The Kier molecular flexibility index (Phi) is 10.4. The number of hydrogen-bond acceptors (Lipinski definition) is 9. The first-order valence-corrected chi connectivity index (χ1v) is 14.7. The predicted molar refractivity (Wildman–Crippen MR) is 168 cm³/mol. The number of allylic oxidation sites excluding steroid dienone is 2. The van der Waals surface area contributed by atoms with E-state index in [9.17, 15) is 29.0 Å². The van der Waals surface area contributed by atoms with Crippen LogP contribution in [0.25, 0.3) is 22.9 Å². The van der Waals surface area contributed by atoms with E-state index < -0.39 is 48.3 Å². The van der Waals surface area contributed by atoms with E-state index in [1.165, 1.54) is 32.4 Å². The summed E-state index contributed by atoms with van der Waals surface area (Å²) >= 11 is 0. The number of benzene rings is 1. The lowest BCUT2D eigenvalue weighted by atomic mass is 9.83. The van der Waals surface area contributed by atoms with E-state index in [0.717, 1.165) is 5.56 Å². The lowest BCUT2D eigenvalue weighted by Crippen LogP contribution is -2.32. The number of ether oxygens (including phenoxy) is 2. The van der Waals surface area contributed by atoms with E-state index in [1.54, 1.807) is 42.6 Å². The van der Waals surface area contributed by atoms with Gasteiger partial charge in [-0.1, -0.05) is 26.0 Å². The molecule has 0 fully saturated rings. The molecule has 12 heteroatoms. The molecule has 0 aliphatic carbocycles. The quantitative estimate of drug-likeness (QED) is 0.222. The molecule has 4 rings (SSSR count). The van der Waals surface area contributed by atoms with E-state index in [-0.39, 0.29) is 23.5 Å². The van der Waals surface area contributed by atoms with Crippen molar-refractivity contribution in [3.63, 3.8) is 0 Å². The highest BCUT2D eigenvalue weighted by Crippen LogP contribution is 2.42. The van der Waals surface area contributed by atoms with Gasteiger partial charge in [0.15, 0.2) is 0 Å². The fourth-order valence-corrected chi connectivity index (χ4v) is 5.89. The second-order valence-electron chi connectivity index (χ2n) is 11.4. The maximum absolute atomic E-state index is 14.0. The largest absolute Gasteiger partial charge is 0.481 e. The van der Waals surface area contributed by atoms with Crippen LogP contribution in [0.1, 0.15) is 69.2 Å². The molecule has 0 radical (unpaired) electrons. The van der Waals surface area contributed by atoms with E-state index in [1.807, 2.05) is 19.9 Å². The number of aliphatic hydroxyl groups is 2. The fourth-order valence-electron chi connectivity index (χ4n) is 5.89. The summed E-state index contributed by atoms with van der Waals surface area (Å²) in [5.41, 5.74) is 4.91. The first-order valence-electron chi connectivity index (χ1n) is 14.7. The highest BCUT2D eigenvalue weighted by molar-refractivity contribution is 5.99. The van der Waals surface area contributed by atoms with Crippen LogP contribution in [-0.2, 0) is 23.9 Å². The van der Waals surface area contributed by atoms with E-state index in [2.05, 4.69) is 5.32 Å². The first kappa shape index (κ1) is 34.1. The number of methoxy groups -OCH3 is 2. The van der Waals surface area contributed by atoms with Crippen molar-refractivity contribution in [2.45, 2.75) is 64.6 Å². The summed E-state index contributed by atoms with van der Waals surface area (Å²) in [5.74, 6) is -3.95. The zero-order valence-corrected chi connectivity index (χ0v) is 26.5. The molecule has 1 aliphatic rings. The molecule has 244 valence electrons. The number of aliphatic hydroxyl groups excluding tert-OH is 2. The van der Waals surface area contributed by atoms with Gasteiger partial charge in [0, 0.05) is 28.9 Å². The number of carbonyl (C=O) groups is 3. The first-order chi connectivity index (χ1) is 21.8. The van der Waals surface area contributed by atoms with Crippen LogP contribution in [0.2, 0.25) is 0 Å². The van der Waals surface area contributed by atoms with Gasteiger partial charge in [0.05, 0.1) is 66.8 Å². The van der Waals surface area contributed by atoms with E-state index in [0.29, 0.717) is 39.4 Å². The van der Waals surface area contributed by atoms with Crippen LogP contribution in [0.3, 0.4) is 0 Å². The van der Waals surface area contributed by atoms with Crippen LogP contribution in [0.4, 0.5) is 4.39 Å². The van der Waals surface area contributed by atoms with Crippen LogP contribution >= 0.6 is 0 Å². The van der Waals surface area contributed by atoms with Crippen molar-refractivity contribution in [2.24, 2.45) is 0 Å². The fraction of sp³-hybridized carbons (Fsp3) is 0.353. The smallest absolute Gasteiger partial charge is 0.336 e. The van der Waals surface area contributed by atoms with Crippen molar-refractivity contribution in [3.05, 3.63) is 87.7 Å². The molecule has 0 spiro atoms. The number of rotatable bonds is 11. The molecule has 11 nitrogen and oxygen atoms in total. The minimum atomic E-state index is -1.25. The minimum Gasteiger partial charge on any atom is -0.481 e. The molecule has 4 N–H and O–H groups in total. The number of aromatic nitrogens is 2. The molecule has 2 aromatic heterocycles. The predicted octanol–water partition coefficient (Wildman–Crippen LogP) is 4.44. The van der Waals surface area contributed by atoms with Crippen molar-refractivity contribution < 1.29 is 43.6 Å². The molecule has 3 heterocycles. The monoisotopic (exact) mass is 635 g/mol. The average Bonchev–Trinajstić information content (AvgIpc) is 3.41. The van der Waals surface area contributed by atoms with Crippen LogP contribution in [0.15, 0.2) is 65.0 Å². The van der Waals surface area contributed by atoms with Gasteiger partial charge in [0.1, 0.15) is 5.82 Å². The van der Waals surface area contributed by atoms with Crippen molar-refractivity contribution in [1.29, 1.82) is 0 Å². The number of aliphatic carboxylic acids is 1. The molecule has 46 heavy (non-hydrogen) atoms. The number of carboxylic acid groups (broad SMARTS) is 1. The van der Waals surface area contributed by atoms with Crippen LogP contribution in [-0.4, -0.2) is 69.3 Å². The maximum Gasteiger partial charge on any atom is 0.336 e. The minimum absolute atomic E-state index is 0.121. The Morgan fingerprint density at radius 1 is 1.00 bits per heavy atom. The zero-order chi connectivity index (χ0) is 33.9. The van der Waals surface area contributed by atoms with E-state index in [4.69, 9.17) is 19.7 Å². The molecule has 1 aliphatic heterocycles. The molecule has 3 aromatic rings. The number of nitrogens with one attached hydrogen (secondary N) is 1. The normalized spacial score (nSPS) is 15.4. The molecule has 2 unspecified atom stereocenters. The Bertz CT molecular complexity index is 1720. The van der Waals surface area contributed by atoms with Crippen LogP contribution in [0.5, 0.6) is 0 Å². The van der Waals surface area contributed by atoms with Gasteiger partial charge in [-0.25, -0.2) is 18.5 Å². The van der Waals surface area contributed by atoms with E-state index >= 15 is 0 Å². The SMILES string of the molecule is COC(=O)C1=C(C)NC(C)=C(C(=O)OC)C1c1ccc2c(C(C)C)c(/C=C/C(O)CC(O)CC(=O)O)c(-c3ccc(F)cc3)nn12. The number of halogens is 1. The molecular weight excluding hydrogens is 597 g/mol. The van der Waals surface area contributed by atoms with Crippen molar-refractivity contribution in [1.82, 2.24) is 14.9 Å². The van der Waals surface area contributed by atoms with Gasteiger partial charge in [0.25, 0.3) is 0 Å². The van der Waals surface area contributed by atoms with Gasteiger partial charge >= 0.3 is 17.9 Å². The van der Waals surface area contributed by atoms with Gasteiger partial charge in [-0.05, 0) is 61.7 Å². The Labute approximate surface area is 265 Å². The summed E-state index contributed by atoms with van der Waals surface area (Å²) in [4.78, 5) is 37.3. The summed E-state index contributed by atoms with van der Waals surface area (Å²) in [7, 11) is 2.52. The van der Waals surface area contributed by atoms with Gasteiger partial charge in [0.2, 0.25) is 0 Å². The molecule has 2 atom stereocenters. The summed E-state index contributed by atoms with van der Waals surface area (Å²) in [6.45, 7) is 7.37. The maximum atomic E-state index is 14.0. The van der Waals surface area contributed by atoms with Crippen molar-refractivity contribution in [3.8, 4) is 11.3 Å². The van der Waals surface area contributed by atoms with Crippen molar-refractivity contribution >= 4 is 29.5 Å². The summed E-state index contributed by atoms with van der Waals surface area (Å²) in [6.07, 6.45) is -0.0194. The van der Waals surface area contributed by atoms with Gasteiger partial charge in [-0.3, -0.25) is 4.79 Å². The second kappa shape index (κ2) is 14.1. The number of carboxylic acids is 1. The Balaban J connectivity index is 2.02. The number of esters is 2. The highest BCUT2D eigenvalue weighted by atomic mass is 19.1. The topological polar surface area (TPSA) is 160 Å². The lowest BCUT2D eigenvalue weighted by Gasteiger charge is -2.30. The summed E-state index contributed by atoms with van der Waals surface area (Å²) in [6, 6.07) is 9.34. The highest BCUT2D eigenvalue weighted by Gasteiger charge is 2.39. The Hall–Kier alpha value is -4.81. The molecule has 1 aromatic carbocycles. The number of fused-ring (bicyclic) bond motifs is 1. The van der Waals surface area contributed by atoms with Crippen LogP contribution < -0.4 is 5.32 Å². The zero-order valence-electron chi connectivity index (χ0n) is 26.5. The molecule has 0 saturated heterocycles. The van der Waals surface area contributed by atoms with Gasteiger partial charge < -0.3 is 30.1 Å². The molecule has 0 saturated carbocycles. The average molecular weight is 636 g/mol. The summed E-state index contributed by atoms with van der Waals surface area (Å²) in [5, 5.41) is 37.7.